The number of carbonyl (C=O) groups excluding carboxylic acids is 1. The van der Waals surface area contributed by atoms with E-state index in [4.69, 9.17) is 9.47 Å². The number of benzene rings is 2. The maximum atomic E-state index is 11.3. The molecule has 1 aromatic heterocycles. The Morgan fingerprint density at radius 3 is 2.52 bits per heavy atom. The molecule has 0 radical (unpaired) electrons. The average molecular weight is 370 g/mol. The van der Waals surface area contributed by atoms with Crippen LogP contribution in [0.5, 0.6) is 11.5 Å². The second kappa shape index (κ2) is 8.09. The number of aryl methyl sites for hydroxylation is 1. The fraction of sp³-hybridized carbons (Fsp3) is 0.300. The summed E-state index contributed by atoms with van der Waals surface area (Å²) in [5, 5.41) is 9.70. The molecule has 0 fully saturated rings. The van der Waals surface area contributed by atoms with Crippen molar-refractivity contribution in [2.24, 2.45) is 7.05 Å². The molecule has 0 bridgehead atoms. The first-order valence-corrected chi connectivity index (χ1v) is 8.48. The molecular weight excluding hydrogens is 348 g/mol. The van der Waals surface area contributed by atoms with Crippen LogP contribution in [0, 0.1) is 0 Å². The van der Waals surface area contributed by atoms with Gasteiger partial charge in [0.15, 0.2) is 6.10 Å². The third-order valence-corrected chi connectivity index (χ3v) is 4.37. The predicted molar refractivity (Wildman–Crippen MR) is 99.8 cm³/mol. The molecule has 1 N–H and O–H groups in total. The minimum atomic E-state index is -1.17. The molecule has 1 atom stereocenters. The van der Waals surface area contributed by atoms with Crippen LogP contribution in [0.15, 0.2) is 42.5 Å². The lowest BCUT2D eigenvalue weighted by atomic mass is 10.1. The number of fused-ring (bicyclic) bond motifs is 1. The van der Waals surface area contributed by atoms with Crippen molar-refractivity contribution in [3.8, 4) is 11.5 Å². The maximum absolute atomic E-state index is 11.3. The molecule has 1 heterocycles. The number of aromatic nitrogens is 2. The lowest BCUT2D eigenvalue weighted by molar-refractivity contribution is -0.150. The number of aliphatic hydroxyl groups excluding tert-OH is 1. The van der Waals surface area contributed by atoms with Gasteiger partial charge in [0, 0.05) is 19.5 Å². The zero-order valence-electron chi connectivity index (χ0n) is 15.5. The van der Waals surface area contributed by atoms with Gasteiger partial charge in [0.1, 0.15) is 23.9 Å². The summed E-state index contributed by atoms with van der Waals surface area (Å²) in [6.07, 6.45) is -0.974. The van der Waals surface area contributed by atoms with Crippen LogP contribution in [0.1, 0.15) is 11.4 Å². The molecule has 0 saturated heterocycles. The SMILES string of the molecule is COC(=O)C(O)Cc1ccc(OCc2nc3ccc(OC)cc3n2C)cc1. The number of rotatable bonds is 7. The van der Waals surface area contributed by atoms with E-state index < -0.39 is 12.1 Å². The standard InChI is InChI=1S/C20H22N2O5/c1-22-17-11-15(25-2)8-9-16(17)21-19(22)12-27-14-6-4-13(5-7-14)10-18(23)20(24)26-3/h4-9,11,18,23H,10,12H2,1-3H3. The number of hydrogen-bond acceptors (Lipinski definition) is 6. The Hall–Kier alpha value is -3.06. The Balaban J connectivity index is 1.65. The Morgan fingerprint density at radius 1 is 1.15 bits per heavy atom. The predicted octanol–water partition coefficient (Wildman–Crippen LogP) is 2.24. The molecule has 0 aliphatic rings. The molecular formula is C20H22N2O5. The van der Waals surface area contributed by atoms with Crippen molar-refractivity contribution in [2.75, 3.05) is 14.2 Å². The van der Waals surface area contributed by atoms with Crippen molar-refractivity contribution >= 4 is 17.0 Å². The zero-order chi connectivity index (χ0) is 19.4. The van der Waals surface area contributed by atoms with Crippen LogP contribution >= 0.6 is 0 Å². The van der Waals surface area contributed by atoms with Gasteiger partial charge in [-0.1, -0.05) is 12.1 Å². The van der Waals surface area contributed by atoms with E-state index in [1.807, 2.05) is 29.8 Å². The highest BCUT2D eigenvalue weighted by atomic mass is 16.5. The van der Waals surface area contributed by atoms with Crippen molar-refractivity contribution < 1.29 is 24.1 Å². The molecule has 0 aliphatic carbocycles. The Kier molecular flexibility index (Phi) is 5.61. The van der Waals surface area contributed by atoms with Crippen LogP contribution in [0.2, 0.25) is 0 Å². The van der Waals surface area contributed by atoms with E-state index in [1.54, 1.807) is 31.4 Å². The fourth-order valence-corrected chi connectivity index (χ4v) is 2.79. The van der Waals surface area contributed by atoms with Gasteiger partial charge in [0.05, 0.1) is 25.3 Å². The van der Waals surface area contributed by atoms with Crippen molar-refractivity contribution in [1.82, 2.24) is 9.55 Å². The average Bonchev–Trinajstić information content (AvgIpc) is 3.01. The largest absolute Gasteiger partial charge is 0.497 e. The second-order valence-corrected chi connectivity index (χ2v) is 6.12. The van der Waals surface area contributed by atoms with Gasteiger partial charge in [-0.3, -0.25) is 0 Å². The van der Waals surface area contributed by atoms with E-state index in [2.05, 4.69) is 9.72 Å². The first kappa shape index (κ1) is 18.7. The number of aliphatic hydroxyl groups is 1. The van der Waals surface area contributed by atoms with Crippen molar-refractivity contribution in [1.29, 1.82) is 0 Å². The number of methoxy groups -OCH3 is 2. The lowest BCUT2D eigenvalue weighted by Crippen LogP contribution is -2.24. The smallest absolute Gasteiger partial charge is 0.335 e. The van der Waals surface area contributed by atoms with E-state index in [9.17, 15) is 9.90 Å². The lowest BCUT2D eigenvalue weighted by Gasteiger charge is -2.10. The normalized spacial score (nSPS) is 12.0. The van der Waals surface area contributed by atoms with E-state index in [0.29, 0.717) is 12.4 Å². The topological polar surface area (TPSA) is 82.8 Å². The fourth-order valence-electron chi connectivity index (χ4n) is 2.79. The highest BCUT2D eigenvalue weighted by molar-refractivity contribution is 5.77. The van der Waals surface area contributed by atoms with Gasteiger partial charge in [-0.2, -0.15) is 0 Å². The molecule has 27 heavy (non-hydrogen) atoms. The minimum absolute atomic E-state index is 0.194. The number of nitrogens with zero attached hydrogens (tertiary/aromatic N) is 2. The molecule has 1 unspecified atom stereocenters. The van der Waals surface area contributed by atoms with Gasteiger partial charge < -0.3 is 23.9 Å². The quantitative estimate of drug-likeness (QED) is 0.642. The van der Waals surface area contributed by atoms with Crippen molar-refractivity contribution in [3.05, 3.63) is 53.9 Å². The second-order valence-electron chi connectivity index (χ2n) is 6.12. The summed E-state index contributed by atoms with van der Waals surface area (Å²) in [5.41, 5.74) is 2.67. The molecule has 3 rings (SSSR count). The summed E-state index contributed by atoms with van der Waals surface area (Å²) < 4.78 is 17.6. The van der Waals surface area contributed by atoms with E-state index in [1.165, 1.54) is 7.11 Å². The number of ether oxygens (including phenoxy) is 3. The highest BCUT2D eigenvalue weighted by Crippen LogP contribution is 2.22. The summed E-state index contributed by atoms with van der Waals surface area (Å²) in [4.78, 5) is 15.9. The molecule has 2 aromatic carbocycles. The molecule has 0 spiro atoms. The van der Waals surface area contributed by atoms with Crippen LogP contribution in [0.3, 0.4) is 0 Å². The van der Waals surface area contributed by atoms with Crippen LogP contribution in [-0.4, -0.2) is 41.0 Å². The maximum Gasteiger partial charge on any atom is 0.335 e. The van der Waals surface area contributed by atoms with Crippen LogP contribution in [0.4, 0.5) is 0 Å². The summed E-state index contributed by atoms with van der Waals surface area (Å²) in [7, 11) is 4.82. The van der Waals surface area contributed by atoms with Crippen molar-refractivity contribution in [3.63, 3.8) is 0 Å². The summed E-state index contributed by atoms with van der Waals surface area (Å²) in [5.74, 6) is 1.61. The first-order valence-electron chi connectivity index (χ1n) is 8.48. The molecule has 0 aliphatic heterocycles. The van der Waals surface area contributed by atoms with Gasteiger partial charge >= 0.3 is 5.97 Å². The molecule has 0 saturated carbocycles. The molecule has 3 aromatic rings. The molecule has 7 nitrogen and oxygen atoms in total. The summed E-state index contributed by atoms with van der Waals surface area (Å²) in [6, 6.07) is 12.9. The molecule has 0 amide bonds. The minimum Gasteiger partial charge on any atom is -0.497 e. The molecule has 142 valence electrons. The summed E-state index contributed by atoms with van der Waals surface area (Å²) >= 11 is 0. The Morgan fingerprint density at radius 2 is 1.85 bits per heavy atom. The number of imidazole rings is 1. The van der Waals surface area contributed by atoms with Crippen LogP contribution < -0.4 is 9.47 Å². The summed E-state index contributed by atoms with van der Waals surface area (Å²) in [6.45, 7) is 0.317. The van der Waals surface area contributed by atoms with Gasteiger partial charge in [0.25, 0.3) is 0 Å². The third kappa shape index (κ3) is 4.20. The highest BCUT2D eigenvalue weighted by Gasteiger charge is 2.15. The van der Waals surface area contributed by atoms with Gasteiger partial charge in [-0.25, -0.2) is 9.78 Å². The third-order valence-electron chi connectivity index (χ3n) is 4.37. The van der Waals surface area contributed by atoms with Gasteiger partial charge in [-0.05, 0) is 29.8 Å². The zero-order valence-corrected chi connectivity index (χ0v) is 15.5. The Bertz CT molecular complexity index is 933. The number of esters is 1. The van der Waals surface area contributed by atoms with Crippen LogP contribution in [-0.2, 0) is 29.6 Å². The van der Waals surface area contributed by atoms with E-state index in [-0.39, 0.29) is 6.42 Å². The van der Waals surface area contributed by atoms with E-state index in [0.717, 1.165) is 28.2 Å². The number of carbonyl (C=O) groups is 1. The molecule has 7 heteroatoms. The monoisotopic (exact) mass is 370 g/mol. The van der Waals surface area contributed by atoms with Gasteiger partial charge in [0.2, 0.25) is 0 Å². The van der Waals surface area contributed by atoms with Gasteiger partial charge in [-0.15, -0.1) is 0 Å². The van der Waals surface area contributed by atoms with Crippen LogP contribution in [0.25, 0.3) is 11.0 Å². The van der Waals surface area contributed by atoms with E-state index >= 15 is 0 Å². The Labute approximate surface area is 157 Å². The van der Waals surface area contributed by atoms with Crippen molar-refractivity contribution in [2.45, 2.75) is 19.1 Å². The number of hydrogen-bond donors (Lipinski definition) is 1. The first-order chi connectivity index (χ1) is 13.0.